The van der Waals surface area contributed by atoms with Crippen molar-refractivity contribution < 1.29 is 0 Å². The van der Waals surface area contributed by atoms with Crippen LogP contribution in [-0.2, 0) is 0 Å². The van der Waals surface area contributed by atoms with Crippen LogP contribution in [0, 0.1) is 6.92 Å². The normalized spacial score (nSPS) is 18.3. The Morgan fingerprint density at radius 1 is 1.28 bits per heavy atom. The minimum atomic E-state index is 0.556. The molecule has 18 heavy (non-hydrogen) atoms. The van der Waals surface area contributed by atoms with Gasteiger partial charge in [-0.15, -0.1) is 0 Å². The molecule has 1 aliphatic rings. The van der Waals surface area contributed by atoms with Gasteiger partial charge in [0.15, 0.2) is 0 Å². The molecular weight excluding hydrogens is 244 g/mol. The van der Waals surface area contributed by atoms with Gasteiger partial charge in [-0.3, -0.25) is 0 Å². The Kier molecular flexibility index (Phi) is 4.52. The van der Waals surface area contributed by atoms with Crippen molar-refractivity contribution in [1.82, 2.24) is 4.90 Å². The molecule has 2 rings (SSSR count). The van der Waals surface area contributed by atoms with Gasteiger partial charge in [0.25, 0.3) is 0 Å². The lowest BCUT2D eigenvalue weighted by Crippen LogP contribution is -2.42. The number of benzene rings is 1. The van der Waals surface area contributed by atoms with Crippen molar-refractivity contribution in [2.45, 2.75) is 45.7 Å². The number of hydrogen-bond donors (Lipinski definition) is 1. The van der Waals surface area contributed by atoms with E-state index in [1.807, 2.05) is 6.07 Å². The van der Waals surface area contributed by atoms with Crippen molar-refractivity contribution in [3.63, 3.8) is 0 Å². The van der Waals surface area contributed by atoms with Crippen LogP contribution in [0.2, 0.25) is 5.02 Å². The minimum Gasteiger partial charge on any atom is -0.381 e. The number of halogens is 1. The summed E-state index contributed by atoms with van der Waals surface area (Å²) in [6.45, 7) is 8.96. The third-order valence-electron chi connectivity index (χ3n) is 3.74. The van der Waals surface area contributed by atoms with Crippen LogP contribution in [0.3, 0.4) is 0 Å². The van der Waals surface area contributed by atoms with Gasteiger partial charge in [0.05, 0.1) is 10.7 Å². The Labute approximate surface area is 115 Å². The van der Waals surface area contributed by atoms with Crippen molar-refractivity contribution in [3.05, 3.63) is 28.8 Å². The van der Waals surface area contributed by atoms with Gasteiger partial charge in [-0.05, 0) is 51.3 Å². The zero-order valence-electron chi connectivity index (χ0n) is 11.5. The van der Waals surface area contributed by atoms with E-state index in [1.54, 1.807) is 0 Å². The highest BCUT2D eigenvalue weighted by Gasteiger charge is 2.20. The maximum Gasteiger partial charge on any atom is 0.0640 e. The maximum atomic E-state index is 6.25. The topological polar surface area (TPSA) is 15.3 Å². The molecule has 0 radical (unpaired) electrons. The predicted octanol–water partition coefficient (Wildman–Crippen LogP) is 3.93. The molecule has 0 saturated carbocycles. The van der Waals surface area contributed by atoms with Crippen LogP contribution >= 0.6 is 11.6 Å². The van der Waals surface area contributed by atoms with Crippen molar-refractivity contribution in [3.8, 4) is 0 Å². The van der Waals surface area contributed by atoms with Crippen molar-refractivity contribution in [2.75, 3.05) is 18.4 Å². The molecule has 0 amide bonds. The fourth-order valence-corrected chi connectivity index (χ4v) is 2.81. The second-order valence-corrected chi connectivity index (χ2v) is 5.94. The first-order valence-electron chi connectivity index (χ1n) is 6.83. The molecule has 1 saturated heterocycles. The summed E-state index contributed by atoms with van der Waals surface area (Å²) in [4.78, 5) is 2.54. The van der Waals surface area contributed by atoms with Crippen LogP contribution in [-0.4, -0.2) is 30.1 Å². The number of piperidine rings is 1. The first-order valence-corrected chi connectivity index (χ1v) is 7.21. The van der Waals surface area contributed by atoms with Crippen LogP contribution in [0.15, 0.2) is 18.2 Å². The molecule has 100 valence electrons. The summed E-state index contributed by atoms with van der Waals surface area (Å²) in [5.41, 5.74) is 2.28. The van der Waals surface area contributed by atoms with Crippen molar-refractivity contribution in [1.29, 1.82) is 0 Å². The lowest BCUT2D eigenvalue weighted by Gasteiger charge is -2.35. The van der Waals surface area contributed by atoms with E-state index in [0.29, 0.717) is 12.1 Å². The summed E-state index contributed by atoms with van der Waals surface area (Å²) >= 11 is 6.25. The van der Waals surface area contributed by atoms with Crippen LogP contribution in [0.25, 0.3) is 0 Å². The van der Waals surface area contributed by atoms with Crippen LogP contribution in [0.1, 0.15) is 32.3 Å². The standard InChI is InChI=1S/C15H23ClN2/c1-11(2)18-8-6-13(7-9-18)17-15-5-4-12(3)10-14(15)16/h4-5,10-11,13,17H,6-9H2,1-3H3. The van der Waals surface area contributed by atoms with E-state index < -0.39 is 0 Å². The molecule has 1 heterocycles. The zero-order chi connectivity index (χ0) is 13.1. The van der Waals surface area contributed by atoms with Crippen LogP contribution in [0.4, 0.5) is 5.69 Å². The van der Waals surface area contributed by atoms with E-state index in [4.69, 9.17) is 11.6 Å². The number of aryl methyl sites for hydroxylation is 1. The Morgan fingerprint density at radius 3 is 2.50 bits per heavy atom. The number of nitrogens with zero attached hydrogens (tertiary/aromatic N) is 1. The highest BCUT2D eigenvalue weighted by atomic mass is 35.5. The maximum absolute atomic E-state index is 6.25. The van der Waals surface area contributed by atoms with E-state index >= 15 is 0 Å². The monoisotopic (exact) mass is 266 g/mol. The van der Waals surface area contributed by atoms with Crippen LogP contribution < -0.4 is 5.32 Å². The summed E-state index contributed by atoms with van der Waals surface area (Å²) in [7, 11) is 0. The Morgan fingerprint density at radius 2 is 1.94 bits per heavy atom. The average Bonchev–Trinajstić information content (AvgIpc) is 2.33. The first-order chi connectivity index (χ1) is 8.56. The number of anilines is 1. The Hall–Kier alpha value is -0.730. The third-order valence-corrected chi connectivity index (χ3v) is 4.06. The minimum absolute atomic E-state index is 0.556. The van der Waals surface area contributed by atoms with Gasteiger partial charge in [-0.2, -0.15) is 0 Å². The number of likely N-dealkylation sites (tertiary alicyclic amines) is 1. The first kappa shape index (κ1) is 13.7. The molecule has 1 N–H and O–H groups in total. The van der Waals surface area contributed by atoms with Gasteiger partial charge < -0.3 is 10.2 Å². The summed E-state index contributed by atoms with van der Waals surface area (Å²) in [5, 5.41) is 4.41. The van der Waals surface area contributed by atoms with Gasteiger partial charge in [0.2, 0.25) is 0 Å². The van der Waals surface area contributed by atoms with E-state index in [2.05, 4.69) is 43.1 Å². The molecule has 1 aliphatic heterocycles. The fraction of sp³-hybridized carbons (Fsp3) is 0.600. The molecular formula is C15H23ClN2. The molecule has 0 atom stereocenters. The van der Waals surface area contributed by atoms with Crippen molar-refractivity contribution >= 4 is 17.3 Å². The van der Waals surface area contributed by atoms with Crippen LogP contribution in [0.5, 0.6) is 0 Å². The van der Waals surface area contributed by atoms with Gasteiger partial charge in [-0.1, -0.05) is 17.7 Å². The second kappa shape index (κ2) is 5.94. The highest BCUT2D eigenvalue weighted by Crippen LogP contribution is 2.25. The highest BCUT2D eigenvalue weighted by molar-refractivity contribution is 6.33. The average molecular weight is 267 g/mol. The smallest absolute Gasteiger partial charge is 0.0640 e. The Balaban J connectivity index is 1.91. The molecule has 0 bridgehead atoms. The summed E-state index contributed by atoms with van der Waals surface area (Å²) in [5.74, 6) is 0. The van der Waals surface area contributed by atoms with Gasteiger partial charge in [0.1, 0.15) is 0 Å². The molecule has 0 aromatic heterocycles. The summed E-state index contributed by atoms with van der Waals surface area (Å²) in [6, 6.07) is 7.44. The van der Waals surface area contributed by atoms with E-state index in [1.165, 1.54) is 31.5 Å². The summed E-state index contributed by atoms with van der Waals surface area (Å²) in [6.07, 6.45) is 2.39. The largest absolute Gasteiger partial charge is 0.381 e. The van der Waals surface area contributed by atoms with Gasteiger partial charge >= 0.3 is 0 Å². The number of hydrogen-bond acceptors (Lipinski definition) is 2. The zero-order valence-corrected chi connectivity index (χ0v) is 12.3. The SMILES string of the molecule is Cc1ccc(NC2CCN(C(C)C)CC2)c(Cl)c1. The molecule has 3 heteroatoms. The second-order valence-electron chi connectivity index (χ2n) is 5.53. The van der Waals surface area contributed by atoms with Gasteiger partial charge in [-0.25, -0.2) is 0 Å². The molecule has 2 nitrogen and oxygen atoms in total. The lowest BCUT2D eigenvalue weighted by atomic mass is 10.0. The Bertz CT molecular complexity index is 395. The quantitative estimate of drug-likeness (QED) is 0.892. The third kappa shape index (κ3) is 3.39. The molecule has 0 unspecified atom stereocenters. The lowest BCUT2D eigenvalue weighted by molar-refractivity contribution is 0.177. The predicted molar refractivity (Wildman–Crippen MR) is 79.5 cm³/mol. The van der Waals surface area contributed by atoms with E-state index in [9.17, 15) is 0 Å². The van der Waals surface area contributed by atoms with Gasteiger partial charge in [0, 0.05) is 25.2 Å². The molecule has 0 aliphatic carbocycles. The van der Waals surface area contributed by atoms with Crippen molar-refractivity contribution in [2.24, 2.45) is 0 Å². The molecule has 1 aromatic rings. The fourth-order valence-electron chi connectivity index (χ4n) is 2.52. The molecule has 1 fully saturated rings. The molecule has 1 aromatic carbocycles. The number of rotatable bonds is 3. The number of nitrogens with one attached hydrogen (secondary N) is 1. The molecule has 0 spiro atoms. The van der Waals surface area contributed by atoms with E-state index in [-0.39, 0.29) is 0 Å². The summed E-state index contributed by atoms with van der Waals surface area (Å²) < 4.78 is 0. The van der Waals surface area contributed by atoms with E-state index in [0.717, 1.165) is 10.7 Å².